The maximum absolute atomic E-state index is 14.0. The Morgan fingerprint density at radius 3 is 2.00 bits per heavy atom. The number of carbonyl (C=O) groups excluding carboxylic acids is 3. The molecule has 0 N–H and O–H groups in total. The number of amides is 3. The predicted octanol–water partition coefficient (Wildman–Crippen LogP) is 6.56. The van der Waals surface area contributed by atoms with Crippen LogP contribution >= 0.6 is 57.7 Å². The smallest absolute Gasteiger partial charge is 0.264 e. The van der Waals surface area contributed by atoms with Crippen LogP contribution in [0.1, 0.15) is 37.2 Å². The summed E-state index contributed by atoms with van der Waals surface area (Å²) in [5, 5.41) is 1.08. The molecule has 3 aromatic rings. The quantitative estimate of drug-likeness (QED) is 0.163. The molecule has 0 saturated carbocycles. The molecule has 0 unspecified atom stereocenters. The van der Waals surface area contributed by atoms with E-state index in [4.69, 9.17) is 46.4 Å². The third-order valence-electron chi connectivity index (χ3n) is 5.74. The second-order valence-electron chi connectivity index (χ2n) is 7.53. The Bertz CT molecular complexity index is 1330. The molecule has 3 heterocycles. The molecular weight excluding hydrogens is 533 g/mol. The van der Waals surface area contributed by atoms with Crippen molar-refractivity contribution >= 4 is 81.1 Å². The zero-order valence-corrected chi connectivity index (χ0v) is 20.4. The number of carbonyl (C=O) groups is 3. The fourth-order valence-electron chi connectivity index (χ4n) is 4.20. The Morgan fingerprint density at radius 1 is 0.848 bits per heavy atom. The van der Waals surface area contributed by atoms with Crippen LogP contribution < -0.4 is 4.90 Å². The van der Waals surface area contributed by atoms with Gasteiger partial charge in [0.05, 0.1) is 36.9 Å². The van der Waals surface area contributed by atoms with Crippen LogP contribution in [0.5, 0.6) is 0 Å². The average molecular weight is 544 g/mol. The lowest BCUT2D eigenvalue weighted by Crippen LogP contribution is -2.67. The Kier molecular flexibility index (Phi) is 5.46. The molecule has 11 heteroatoms. The summed E-state index contributed by atoms with van der Waals surface area (Å²) in [4.78, 5) is 43.0. The Labute approximate surface area is 211 Å². The molecule has 2 aromatic carbocycles. The van der Waals surface area contributed by atoms with Crippen LogP contribution in [0.25, 0.3) is 0 Å². The van der Waals surface area contributed by atoms with Gasteiger partial charge >= 0.3 is 0 Å². The number of β-lactam (4-membered cyclic amide) rings is 1. The predicted molar refractivity (Wildman–Crippen MR) is 126 cm³/mol. The topological polar surface area (TPSA) is 57.7 Å². The number of benzene rings is 2. The number of thiophene rings is 1. The largest absolute Gasteiger partial charge is 0.299 e. The van der Waals surface area contributed by atoms with Crippen molar-refractivity contribution in [2.24, 2.45) is 0 Å². The minimum atomic E-state index is -1.18. The average Bonchev–Trinajstić information content (AvgIpc) is 3.39. The second-order valence-corrected chi connectivity index (χ2v) is 10.0. The SMILES string of the molecule is Cc1ccc(F)cc1N1C(=O)[C@H](N2C(=O)c3c(Cl)c(Cl)c(Cl)c(Cl)c3C2=O)[C@H]1c1cccs1. The van der Waals surface area contributed by atoms with E-state index in [2.05, 4.69) is 0 Å². The third-order valence-corrected chi connectivity index (χ3v) is 8.49. The third kappa shape index (κ3) is 3.14. The van der Waals surface area contributed by atoms with Crippen molar-refractivity contribution < 1.29 is 18.8 Å². The normalized spacial score (nSPS) is 19.9. The molecule has 0 radical (unpaired) electrons. The van der Waals surface area contributed by atoms with Crippen molar-refractivity contribution in [3.8, 4) is 0 Å². The number of aryl methyl sites for hydroxylation is 1. The Morgan fingerprint density at radius 2 is 1.45 bits per heavy atom. The molecule has 1 fully saturated rings. The van der Waals surface area contributed by atoms with Crippen molar-refractivity contribution in [3.63, 3.8) is 0 Å². The summed E-state index contributed by atoms with van der Waals surface area (Å²) >= 11 is 26.0. The highest BCUT2D eigenvalue weighted by molar-refractivity contribution is 7.10. The molecule has 2 aliphatic heterocycles. The number of halogens is 5. The molecule has 1 aromatic heterocycles. The molecule has 3 amide bonds. The van der Waals surface area contributed by atoms with Crippen LogP contribution in [0.15, 0.2) is 35.7 Å². The first kappa shape index (κ1) is 22.6. The van der Waals surface area contributed by atoms with E-state index in [1.165, 1.54) is 28.4 Å². The molecule has 5 nitrogen and oxygen atoms in total. The lowest BCUT2D eigenvalue weighted by atomic mass is 9.90. The van der Waals surface area contributed by atoms with Gasteiger partial charge in [0.25, 0.3) is 17.7 Å². The van der Waals surface area contributed by atoms with Gasteiger partial charge in [0.15, 0.2) is 0 Å². The van der Waals surface area contributed by atoms with Crippen LogP contribution in [0.3, 0.4) is 0 Å². The zero-order chi connectivity index (χ0) is 23.8. The van der Waals surface area contributed by atoms with E-state index < -0.39 is 35.6 Å². The number of anilines is 1. The maximum Gasteiger partial charge on any atom is 0.264 e. The molecule has 0 aliphatic carbocycles. The van der Waals surface area contributed by atoms with Crippen molar-refractivity contribution in [2.75, 3.05) is 4.90 Å². The Hall–Kier alpha value is -2.16. The van der Waals surface area contributed by atoms with Gasteiger partial charge < -0.3 is 0 Å². The molecular formula is C22H11Cl4FN2O3S. The monoisotopic (exact) mass is 542 g/mol. The number of hydrogen-bond donors (Lipinski definition) is 0. The summed E-state index contributed by atoms with van der Waals surface area (Å²) in [5.41, 5.74) is 0.628. The van der Waals surface area contributed by atoms with Crippen molar-refractivity contribution in [1.82, 2.24) is 4.90 Å². The number of hydrogen-bond acceptors (Lipinski definition) is 4. The second kappa shape index (κ2) is 7.96. The van der Waals surface area contributed by atoms with Gasteiger partial charge in [-0.1, -0.05) is 58.5 Å². The van der Waals surface area contributed by atoms with E-state index in [-0.39, 0.29) is 31.2 Å². The number of fused-ring (bicyclic) bond motifs is 1. The van der Waals surface area contributed by atoms with Crippen LogP contribution in [-0.4, -0.2) is 28.7 Å². The lowest BCUT2D eigenvalue weighted by Gasteiger charge is -2.49. The fourth-order valence-corrected chi connectivity index (χ4v) is 6.06. The molecule has 2 aliphatic rings. The first-order valence-electron chi connectivity index (χ1n) is 9.51. The van der Waals surface area contributed by atoms with Gasteiger partial charge in [-0.15, -0.1) is 11.3 Å². The van der Waals surface area contributed by atoms with Gasteiger partial charge in [-0.2, -0.15) is 0 Å². The highest BCUT2D eigenvalue weighted by Crippen LogP contribution is 2.50. The van der Waals surface area contributed by atoms with Crippen LogP contribution in [0, 0.1) is 12.7 Å². The highest BCUT2D eigenvalue weighted by atomic mass is 35.5. The van der Waals surface area contributed by atoms with Crippen molar-refractivity contribution in [3.05, 3.63) is 83.2 Å². The molecule has 33 heavy (non-hydrogen) atoms. The van der Waals surface area contributed by atoms with Crippen molar-refractivity contribution in [2.45, 2.75) is 19.0 Å². The summed E-state index contributed by atoms with van der Waals surface area (Å²) in [6.07, 6.45) is 0. The summed E-state index contributed by atoms with van der Waals surface area (Å²) < 4.78 is 14.0. The van der Waals surface area contributed by atoms with E-state index in [1.807, 2.05) is 5.38 Å². The standard InChI is InChI=1S/C22H11Cl4FN2O3S/c1-8-4-5-9(27)7-10(8)28-18(11-3-2-6-33-11)19(22(28)32)29-20(30)12-13(21(29)31)15(24)17(26)16(25)14(12)23/h2-7,18-19H,1H3/t18-,19-/m1/s1. The zero-order valence-electron chi connectivity index (χ0n) is 16.5. The molecule has 5 rings (SSSR count). The maximum atomic E-state index is 14.0. The van der Waals surface area contributed by atoms with Gasteiger partial charge in [0.2, 0.25) is 0 Å². The van der Waals surface area contributed by atoms with Crippen molar-refractivity contribution in [1.29, 1.82) is 0 Å². The van der Waals surface area contributed by atoms with Crippen LogP contribution in [-0.2, 0) is 4.79 Å². The van der Waals surface area contributed by atoms with E-state index >= 15 is 0 Å². The lowest BCUT2D eigenvalue weighted by molar-refractivity contribution is -0.130. The van der Waals surface area contributed by atoms with E-state index in [9.17, 15) is 18.8 Å². The summed E-state index contributed by atoms with van der Waals surface area (Å²) in [6.45, 7) is 1.74. The van der Waals surface area contributed by atoms with Gasteiger partial charge in [-0.05, 0) is 36.1 Å². The summed E-state index contributed by atoms with van der Waals surface area (Å²) in [6, 6.07) is 5.77. The van der Waals surface area contributed by atoms with Crippen LogP contribution in [0.4, 0.5) is 10.1 Å². The first-order valence-corrected chi connectivity index (χ1v) is 11.9. The Balaban J connectivity index is 1.64. The van der Waals surface area contributed by atoms with Gasteiger partial charge in [0, 0.05) is 4.88 Å². The molecule has 0 bridgehead atoms. The number of rotatable bonds is 3. The van der Waals surface area contributed by atoms with E-state index in [0.29, 0.717) is 16.1 Å². The minimum absolute atomic E-state index is 0.156. The van der Waals surface area contributed by atoms with Gasteiger partial charge in [0.1, 0.15) is 17.9 Å². The molecule has 168 valence electrons. The van der Waals surface area contributed by atoms with Gasteiger partial charge in [-0.3, -0.25) is 24.2 Å². The molecule has 0 spiro atoms. The van der Waals surface area contributed by atoms with E-state index in [0.717, 1.165) is 4.90 Å². The number of nitrogens with zero attached hydrogens (tertiary/aromatic N) is 2. The fraction of sp³-hybridized carbons (Fsp3) is 0.136. The molecule has 1 saturated heterocycles. The number of imide groups is 1. The summed E-state index contributed by atoms with van der Waals surface area (Å²) in [5.74, 6) is -2.65. The minimum Gasteiger partial charge on any atom is -0.299 e. The van der Waals surface area contributed by atoms with E-state index in [1.54, 1.807) is 25.1 Å². The first-order chi connectivity index (χ1) is 15.6. The highest BCUT2D eigenvalue weighted by Gasteiger charge is 2.59. The van der Waals surface area contributed by atoms with Crippen LogP contribution in [0.2, 0.25) is 20.1 Å². The summed E-state index contributed by atoms with van der Waals surface area (Å²) in [7, 11) is 0. The molecule has 2 atom stereocenters. The van der Waals surface area contributed by atoms with Gasteiger partial charge in [-0.25, -0.2) is 4.39 Å².